The Balaban J connectivity index is 2.15. The number of carbonyl (C=O) groups excluding carboxylic acids is 1. The summed E-state index contributed by atoms with van der Waals surface area (Å²) in [5.41, 5.74) is 2.42. The highest BCUT2D eigenvalue weighted by atomic mass is 35.5. The maximum Gasteiger partial charge on any atom is 0.253 e. The zero-order chi connectivity index (χ0) is 14.5. The molecule has 1 aromatic heterocycles. The number of aromatic nitrogens is 1. The second kappa shape index (κ2) is 6.83. The second-order valence-electron chi connectivity index (χ2n) is 4.31. The number of benzene rings is 1. The van der Waals surface area contributed by atoms with Crippen LogP contribution in [-0.2, 0) is 5.88 Å². The molecule has 0 radical (unpaired) electrons. The number of hydrogen-bond donors (Lipinski definition) is 1. The highest BCUT2D eigenvalue weighted by Crippen LogP contribution is 2.24. The molecule has 20 heavy (non-hydrogen) atoms. The van der Waals surface area contributed by atoms with E-state index >= 15 is 0 Å². The molecule has 1 amide bonds. The number of alkyl halides is 1. The minimum Gasteiger partial charge on any atom is -0.395 e. The first-order chi connectivity index (χ1) is 9.65. The number of carbonyl (C=O) groups is 1. The van der Waals surface area contributed by atoms with Gasteiger partial charge < -0.3 is 10.0 Å². The number of aliphatic hydroxyl groups excluding tert-OH is 1. The summed E-state index contributed by atoms with van der Waals surface area (Å²) >= 11 is 7.26. The molecule has 2 aromatic rings. The van der Waals surface area contributed by atoms with Crippen molar-refractivity contribution in [2.75, 3.05) is 20.2 Å². The van der Waals surface area contributed by atoms with Gasteiger partial charge in [0.25, 0.3) is 5.91 Å². The summed E-state index contributed by atoms with van der Waals surface area (Å²) in [4.78, 5) is 17.9. The van der Waals surface area contributed by atoms with Crippen molar-refractivity contribution < 1.29 is 9.90 Å². The predicted octanol–water partition coefficient (Wildman–Crippen LogP) is 2.61. The molecule has 0 fully saturated rings. The van der Waals surface area contributed by atoms with Crippen molar-refractivity contribution in [3.05, 3.63) is 40.9 Å². The number of rotatable bonds is 5. The van der Waals surface area contributed by atoms with Gasteiger partial charge in [0.15, 0.2) is 0 Å². The zero-order valence-corrected chi connectivity index (χ0v) is 12.6. The molecule has 106 valence electrons. The Labute approximate surface area is 126 Å². The first kappa shape index (κ1) is 15.0. The van der Waals surface area contributed by atoms with E-state index in [-0.39, 0.29) is 12.5 Å². The maximum absolute atomic E-state index is 12.0. The van der Waals surface area contributed by atoms with Gasteiger partial charge in [0.2, 0.25) is 0 Å². The van der Waals surface area contributed by atoms with Crippen molar-refractivity contribution in [3.63, 3.8) is 0 Å². The fraction of sp³-hybridized carbons (Fsp3) is 0.286. The molecule has 0 unspecified atom stereocenters. The quantitative estimate of drug-likeness (QED) is 0.864. The first-order valence-electron chi connectivity index (χ1n) is 6.13. The van der Waals surface area contributed by atoms with Crippen LogP contribution in [0, 0.1) is 0 Å². The monoisotopic (exact) mass is 310 g/mol. The Kier molecular flexibility index (Phi) is 5.11. The largest absolute Gasteiger partial charge is 0.395 e. The molecule has 0 aliphatic carbocycles. The van der Waals surface area contributed by atoms with E-state index in [4.69, 9.17) is 16.7 Å². The molecule has 0 spiro atoms. The van der Waals surface area contributed by atoms with Gasteiger partial charge in [0.05, 0.1) is 18.2 Å². The molecule has 0 bridgehead atoms. The van der Waals surface area contributed by atoms with Crippen molar-refractivity contribution in [1.29, 1.82) is 0 Å². The Morgan fingerprint density at radius 3 is 2.65 bits per heavy atom. The average molecular weight is 311 g/mol. The molecule has 0 saturated heterocycles. The first-order valence-corrected chi connectivity index (χ1v) is 7.54. The lowest BCUT2D eigenvalue weighted by Gasteiger charge is -2.15. The highest BCUT2D eigenvalue weighted by Gasteiger charge is 2.11. The average Bonchev–Trinajstić information content (AvgIpc) is 2.96. The third-order valence-corrected chi connectivity index (χ3v) is 4.06. The van der Waals surface area contributed by atoms with Crippen LogP contribution in [0.5, 0.6) is 0 Å². The molecular formula is C14H15ClN2O2S. The molecule has 1 aromatic carbocycles. The van der Waals surface area contributed by atoms with E-state index in [1.807, 2.05) is 17.5 Å². The fourth-order valence-corrected chi connectivity index (χ4v) is 2.78. The Morgan fingerprint density at radius 2 is 2.10 bits per heavy atom. The lowest BCUT2D eigenvalue weighted by atomic mass is 10.1. The Hall–Kier alpha value is -1.43. The van der Waals surface area contributed by atoms with Crippen LogP contribution in [0.1, 0.15) is 16.1 Å². The summed E-state index contributed by atoms with van der Waals surface area (Å²) in [5, 5.41) is 11.7. The van der Waals surface area contributed by atoms with Gasteiger partial charge in [-0.25, -0.2) is 4.98 Å². The number of nitrogens with zero attached hydrogens (tertiary/aromatic N) is 2. The second-order valence-corrected chi connectivity index (χ2v) is 5.43. The summed E-state index contributed by atoms with van der Waals surface area (Å²) in [6.07, 6.45) is 0. The number of hydrogen-bond acceptors (Lipinski definition) is 4. The lowest BCUT2D eigenvalue weighted by molar-refractivity contribution is 0.0767. The van der Waals surface area contributed by atoms with Crippen LogP contribution < -0.4 is 0 Å². The standard InChI is InChI=1S/C14H15ClN2O2S/c1-17(6-7-18)14(19)11-4-2-10(3-5-11)13-16-12(8-15)9-20-13/h2-5,9,18H,6-8H2,1H3. The van der Waals surface area contributed by atoms with E-state index in [0.717, 1.165) is 16.3 Å². The van der Waals surface area contributed by atoms with Crippen LogP contribution in [0.2, 0.25) is 0 Å². The minimum atomic E-state index is -0.105. The molecule has 1 N–H and O–H groups in total. The van der Waals surface area contributed by atoms with Gasteiger partial charge in [-0.1, -0.05) is 12.1 Å². The van der Waals surface area contributed by atoms with E-state index in [1.54, 1.807) is 19.2 Å². The summed E-state index contributed by atoms with van der Waals surface area (Å²) in [6.45, 7) is 0.285. The summed E-state index contributed by atoms with van der Waals surface area (Å²) in [6, 6.07) is 7.29. The van der Waals surface area contributed by atoms with Crippen LogP contribution in [0.25, 0.3) is 10.6 Å². The number of aliphatic hydroxyl groups is 1. The fourth-order valence-electron chi connectivity index (χ4n) is 1.73. The maximum atomic E-state index is 12.0. The molecule has 6 heteroatoms. The molecule has 0 aliphatic heterocycles. The van der Waals surface area contributed by atoms with Crippen LogP contribution in [0.4, 0.5) is 0 Å². The SMILES string of the molecule is CN(CCO)C(=O)c1ccc(-c2nc(CCl)cs2)cc1. The van der Waals surface area contributed by atoms with Gasteiger partial charge in [0.1, 0.15) is 5.01 Å². The topological polar surface area (TPSA) is 53.4 Å². The normalized spacial score (nSPS) is 10.6. The molecule has 0 saturated carbocycles. The third-order valence-electron chi connectivity index (χ3n) is 2.85. The smallest absolute Gasteiger partial charge is 0.253 e. The zero-order valence-electron chi connectivity index (χ0n) is 11.0. The van der Waals surface area contributed by atoms with Gasteiger partial charge in [-0.3, -0.25) is 4.79 Å². The van der Waals surface area contributed by atoms with Crippen LogP contribution >= 0.6 is 22.9 Å². The Morgan fingerprint density at radius 1 is 1.40 bits per heavy atom. The summed E-state index contributed by atoms with van der Waals surface area (Å²) in [5.74, 6) is 0.296. The lowest BCUT2D eigenvalue weighted by Crippen LogP contribution is -2.29. The number of thiazole rings is 1. The molecule has 4 nitrogen and oxygen atoms in total. The van der Waals surface area contributed by atoms with Crippen molar-refractivity contribution in [3.8, 4) is 10.6 Å². The van der Waals surface area contributed by atoms with Crippen LogP contribution in [-0.4, -0.2) is 41.1 Å². The van der Waals surface area contributed by atoms with E-state index < -0.39 is 0 Å². The number of halogens is 1. The van der Waals surface area contributed by atoms with Crippen molar-refractivity contribution in [2.24, 2.45) is 0 Å². The van der Waals surface area contributed by atoms with Crippen LogP contribution in [0.15, 0.2) is 29.6 Å². The van der Waals surface area contributed by atoms with Crippen LogP contribution in [0.3, 0.4) is 0 Å². The van der Waals surface area contributed by atoms with E-state index in [2.05, 4.69) is 4.98 Å². The highest BCUT2D eigenvalue weighted by molar-refractivity contribution is 7.13. The van der Waals surface area contributed by atoms with Crippen molar-refractivity contribution in [2.45, 2.75) is 5.88 Å². The minimum absolute atomic E-state index is 0.0410. The molecule has 2 rings (SSSR count). The number of amides is 1. The van der Waals surface area contributed by atoms with Gasteiger partial charge in [0, 0.05) is 30.1 Å². The molecule has 0 atom stereocenters. The van der Waals surface area contributed by atoms with E-state index in [0.29, 0.717) is 18.0 Å². The summed E-state index contributed by atoms with van der Waals surface area (Å²) < 4.78 is 0. The van der Waals surface area contributed by atoms with Gasteiger partial charge in [-0.2, -0.15) is 0 Å². The number of likely N-dealkylation sites (N-methyl/N-ethyl adjacent to an activating group) is 1. The molecular weight excluding hydrogens is 296 g/mol. The van der Waals surface area contributed by atoms with Crippen molar-refractivity contribution >= 4 is 28.8 Å². The Bertz CT molecular complexity index is 583. The van der Waals surface area contributed by atoms with E-state index in [9.17, 15) is 4.79 Å². The molecule has 0 aliphatic rings. The van der Waals surface area contributed by atoms with E-state index in [1.165, 1.54) is 16.2 Å². The van der Waals surface area contributed by atoms with Gasteiger partial charge in [-0.15, -0.1) is 22.9 Å². The third kappa shape index (κ3) is 3.36. The predicted molar refractivity (Wildman–Crippen MR) is 81.2 cm³/mol. The molecule has 1 heterocycles. The van der Waals surface area contributed by atoms with Gasteiger partial charge >= 0.3 is 0 Å². The van der Waals surface area contributed by atoms with Gasteiger partial charge in [-0.05, 0) is 12.1 Å². The summed E-state index contributed by atoms with van der Waals surface area (Å²) in [7, 11) is 1.67. The van der Waals surface area contributed by atoms with Crippen molar-refractivity contribution in [1.82, 2.24) is 9.88 Å².